The van der Waals surface area contributed by atoms with Crippen LogP contribution >= 0.6 is 0 Å². The lowest BCUT2D eigenvalue weighted by atomic mass is 10.0. The summed E-state index contributed by atoms with van der Waals surface area (Å²) in [6, 6.07) is 13.3. The zero-order valence-electron chi connectivity index (χ0n) is 11.1. The first-order valence-corrected chi connectivity index (χ1v) is 6.49. The Morgan fingerprint density at radius 1 is 1.14 bits per heavy atom. The second-order valence-electron chi connectivity index (χ2n) is 4.80. The zero-order valence-corrected chi connectivity index (χ0v) is 11.1. The average Bonchev–Trinajstić information content (AvgIpc) is 2.50. The summed E-state index contributed by atoms with van der Waals surface area (Å²) in [6.07, 6.45) is 1.60. The number of aromatic hydroxyl groups is 1. The molecule has 104 valence electrons. The number of para-hydroxylation sites is 1. The number of nitrogens with zero attached hydrogens (tertiary/aromatic N) is 1. The Hall–Kier alpha value is -2.75. The maximum Gasteiger partial charge on any atom is 0.168 e. The predicted molar refractivity (Wildman–Crippen MR) is 77.8 cm³/mol. The zero-order chi connectivity index (χ0) is 14.8. The lowest BCUT2D eigenvalue weighted by Gasteiger charge is -2.04. The number of Topliss-reactive ketones (excluding diaryl/α,β-unsaturated/α-hetero) is 1. The highest BCUT2D eigenvalue weighted by molar-refractivity contribution is 5.99. The van der Waals surface area contributed by atoms with Crippen LogP contribution in [0.1, 0.15) is 15.9 Å². The molecule has 1 N–H and O–H groups in total. The molecule has 0 atom stereocenters. The molecular weight excluding hydrogens is 269 g/mol. The summed E-state index contributed by atoms with van der Waals surface area (Å²) >= 11 is 0. The number of pyridine rings is 1. The summed E-state index contributed by atoms with van der Waals surface area (Å²) in [7, 11) is 0. The van der Waals surface area contributed by atoms with E-state index in [1.807, 2.05) is 24.3 Å². The quantitative estimate of drug-likeness (QED) is 0.747. The van der Waals surface area contributed by atoms with Crippen molar-refractivity contribution in [2.75, 3.05) is 0 Å². The van der Waals surface area contributed by atoms with Gasteiger partial charge in [-0.25, -0.2) is 4.39 Å². The van der Waals surface area contributed by atoms with E-state index in [2.05, 4.69) is 4.98 Å². The molecule has 3 nitrogen and oxygen atoms in total. The van der Waals surface area contributed by atoms with Gasteiger partial charge in [0.1, 0.15) is 0 Å². The number of carbonyl (C=O) groups is 1. The fourth-order valence-electron chi connectivity index (χ4n) is 2.17. The van der Waals surface area contributed by atoms with Gasteiger partial charge in [0.15, 0.2) is 17.3 Å². The molecule has 0 radical (unpaired) electrons. The van der Waals surface area contributed by atoms with Crippen LogP contribution in [0, 0.1) is 5.82 Å². The monoisotopic (exact) mass is 281 g/mol. The van der Waals surface area contributed by atoms with Crippen molar-refractivity contribution in [2.45, 2.75) is 6.42 Å². The fourth-order valence-corrected chi connectivity index (χ4v) is 2.17. The number of carbonyl (C=O) groups excluding carboxylic acids is 1. The second kappa shape index (κ2) is 5.32. The Kier molecular flexibility index (Phi) is 3.36. The molecule has 0 aliphatic heterocycles. The summed E-state index contributed by atoms with van der Waals surface area (Å²) in [5, 5.41) is 10.0. The molecule has 0 amide bonds. The maximum atomic E-state index is 13.3. The highest BCUT2D eigenvalue weighted by Gasteiger charge is 2.10. The van der Waals surface area contributed by atoms with Gasteiger partial charge in [-0.3, -0.25) is 9.78 Å². The van der Waals surface area contributed by atoms with E-state index in [9.17, 15) is 9.18 Å². The molecule has 0 spiro atoms. The van der Waals surface area contributed by atoms with E-state index in [1.54, 1.807) is 6.07 Å². The summed E-state index contributed by atoms with van der Waals surface area (Å²) in [5.74, 6) is -1.28. The third-order valence-electron chi connectivity index (χ3n) is 3.29. The molecule has 0 saturated heterocycles. The van der Waals surface area contributed by atoms with Crippen LogP contribution in [0.4, 0.5) is 4.39 Å². The summed E-state index contributed by atoms with van der Waals surface area (Å²) in [6.45, 7) is 0. The summed E-state index contributed by atoms with van der Waals surface area (Å²) in [4.78, 5) is 16.5. The number of phenols is 1. The largest absolute Gasteiger partial charge is 0.505 e. The van der Waals surface area contributed by atoms with Crippen LogP contribution in [0.5, 0.6) is 5.75 Å². The highest BCUT2D eigenvalue weighted by atomic mass is 19.1. The van der Waals surface area contributed by atoms with Crippen LogP contribution < -0.4 is 0 Å². The van der Waals surface area contributed by atoms with Gasteiger partial charge in [0.05, 0.1) is 5.52 Å². The van der Waals surface area contributed by atoms with Crippen LogP contribution in [0.2, 0.25) is 0 Å². The normalized spacial score (nSPS) is 10.7. The van der Waals surface area contributed by atoms with Crippen molar-refractivity contribution in [3.05, 3.63) is 71.7 Å². The second-order valence-corrected chi connectivity index (χ2v) is 4.80. The SMILES string of the molecule is O=C(Cc1ccc(O)c(F)c1)c1cnc2ccccc2c1. The number of aromatic nitrogens is 1. The average molecular weight is 281 g/mol. The van der Waals surface area contributed by atoms with Gasteiger partial charge in [0.2, 0.25) is 0 Å². The molecule has 0 unspecified atom stereocenters. The van der Waals surface area contributed by atoms with E-state index in [0.717, 1.165) is 10.9 Å². The lowest BCUT2D eigenvalue weighted by molar-refractivity contribution is 0.0992. The summed E-state index contributed by atoms with van der Waals surface area (Å²) < 4.78 is 13.3. The molecule has 1 heterocycles. The maximum absolute atomic E-state index is 13.3. The number of benzene rings is 2. The summed E-state index contributed by atoms with van der Waals surface area (Å²) in [5.41, 5.74) is 1.83. The van der Waals surface area contributed by atoms with E-state index in [4.69, 9.17) is 5.11 Å². The molecule has 0 fully saturated rings. The smallest absolute Gasteiger partial charge is 0.168 e. The molecule has 0 saturated carbocycles. The Balaban J connectivity index is 1.87. The Morgan fingerprint density at radius 2 is 1.95 bits per heavy atom. The number of hydrogen-bond acceptors (Lipinski definition) is 3. The van der Waals surface area contributed by atoms with Crippen LogP contribution in [-0.4, -0.2) is 15.9 Å². The molecule has 4 heteroatoms. The van der Waals surface area contributed by atoms with Crippen LogP contribution in [-0.2, 0) is 6.42 Å². The lowest BCUT2D eigenvalue weighted by Crippen LogP contribution is -2.04. The van der Waals surface area contributed by atoms with Gasteiger partial charge in [-0.05, 0) is 29.8 Å². The molecule has 0 bridgehead atoms. The molecule has 3 rings (SSSR count). The van der Waals surface area contributed by atoms with Crippen molar-refractivity contribution in [3.63, 3.8) is 0 Å². The molecule has 3 aromatic rings. The fraction of sp³-hybridized carbons (Fsp3) is 0.0588. The minimum atomic E-state index is -0.725. The van der Waals surface area contributed by atoms with Crippen LogP contribution in [0.25, 0.3) is 10.9 Å². The van der Waals surface area contributed by atoms with E-state index >= 15 is 0 Å². The third-order valence-corrected chi connectivity index (χ3v) is 3.29. The molecule has 0 aliphatic rings. The minimum absolute atomic E-state index is 0.0667. The molecule has 1 aromatic heterocycles. The van der Waals surface area contributed by atoms with Gasteiger partial charge >= 0.3 is 0 Å². The van der Waals surface area contributed by atoms with E-state index in [1.165, 1.54) is 24.4 Å². The first-order chi connectivity index (χ1) is 10.1. The minimum Gasteiger partial charge on any atom is -0.505 e. The van der Waals surface area contributed by atoms with Gasteiger partial charge in [0, 0.05) is 23.6 Å². The van der Waals surface area contributed by atoms with Gasteiger partial charge in [-0.15, -0.1) is 0 Å². The molecule has 2 aromatic carbocycles. The first kappa shape index (κ1) is 13.2. The Bertz CT molecular complexity index is 830. The number of halogens is 1. The number of hydrogen-bond donors (Lipinski definition) is 1. The van der Waals surface area contributed by atoms with Crippen LogP contribution in [0.3, 0.4) is 0 Å². The highest BCUT2D eigenvalue weighted by Crippen LogP contribution is 2.18. The van der Waals surface area contributed by atoms with Crippen molar-refractivity contribution in [2.24, 2.45) is 0 Å². The van der Waals surface area contributed by atoms with Crippen molar-refractivity contribution >= 4 is 16.7 Å². The van der Waals surface area contributed by atoms with Crippen LogP contribution in [0.15, 0.2) is 54.7 Å². The van der Waals surface area contributed by atoms with Crippen molar-refractivity contribution in [3.8, 4) is 5.75 Å². The standard InChI is InChI=1S/C17H12FNO2/c18-14-7-11(5-6-16(14)20)8-17(21)13-9-12-3-1-2-4-15(12)19-10-13/h1-7,9-10,20H,8H2. The number of ketones is 1. The number of phenolic OH excluding ortho intramolecular Hbond substituents is 1. The van der Waals surface area contributed by atoms with Gasteiger partial charge in [-0.2, -0.15) is 0 Å². The van der Waals surface area contributed by atoms with Crippen molar-refractivity contribution in [1.82, 2.24) is 4.98 Å². The van der Waals surface area contributed by atoms with Gasteiger partial charge in [0.25, 0.3) is 0 Å². The van der Waals surface area contributed by atoms with E-state index < -0.39 is 11.6 Å². The molecule has 21 heavy (non-hydrogen) atoms. The van der Waals surface area contributed by atoms with Crippen molar-refractivity contribution < 1.29 is 14.3 Å². The van der Waals surface area contributed by atoms with E-state index in [0.29, 0.717) is 11.1 Å². The molecule has 0 aliphatic carbocycles. The number of fused-ring (bicyclic) bond motifs is 1. The number of rotatable bonds is 3. The van der Waals surface area contributed by atoms with Gasteiger partial charge < -0.3 is 5.11 Å². The van der Waals surface area contributed by atoms with E-state index in [-0.39, 0.29) is 12.2 Å². The molecular formula is C17H12FNO2. The Morgan fingerprint density at radius 3 is 2.76 bits per heavy atom. The Labute approximate surface area is 120 Å². The third kappa shape index (κ3) is 2.74. The predicted octanol–water partition coefficient (Wildman–Crippen LogP) is 3.50. The first-order valence-electron chi connectivity index (χ1n) is 6.49. The van der Waals surface area contributed by atoms with Crippen molar-refractivity contribution in [1.29, 1.82) is 0 Å². The topological polar surface area (TPSA) is 50.2 Å². The van der Waals surface area contributed by atoms with Gasteiger partial charge in [-0.1, -0.05) is 24.3 Å².